The van der Waals surface area contributed by atoms with Gasteiger partial charge in [-0.15, -0.1) is 10.2 Å². The fourth-order valence-electron chi connectivity index (χ4n) is 1.85. The summed E-state index contributed by atoms with van der Waals surface area (Å²) in [6, 6.07) is 10.2. The number of hydrogen-bond donors (Lipinski definition) is 1. The maximum atomic E-state index is 5.73. The van der Waals surface area contributed by atoms with E-state index in [0.29, 0.717) is 11.8 Å². The lowest BCUT2D eigenvalue weighted by Crippen LogP contribution is -2.23. The summed E-state index contributed by atoms with van der Waals surface area (Å²) in [6.07, 6.45) is 3.09. The predicted octanol–water partition coefficient (Wildman–Crippen LogP) is 3.02. The molecule has 0 spiro atoms. The highest BCUT2D eigenvalue weighted by atomic mass is 32.2. The molecule has 0 saturated heterocycles. The van der Waals surface area contributed by atoms with Crippen molar-refractivity contribution in [2.75, 3.05) is 12.8 Å². The van der Waals surface area contributed by atoms with E-state index in [9.17, 15) is 0 Å². The molecule has 1 heterocycles. The number of nitrogens with one attached hydrogen (secondary N) is 1. The van der Waals surface area contributed by atoms with Crippen molar-refractivity contribution in [1.82, 2.24) is 15.5 Å². The van der Waals surface area contributed by atoms with E-state index in [1.807, 2.05) is 24.5 Å². The van der Waals surface area contributed by atoms with Crippen molar-refractivity contribution in [2.45, 2.75) is 25.1 Å². The fourth-order valence-corrected chi connectivity index (χ4v) is 2.21. The molecule has 1 aromatic heterocycles. The Labute approximate surface area is 118 Å². The molecule has 0 bridgehead atoms. The summed E-state index contributed by atoms with van der Waals surface area (Å²) in [7, 11) is 0. The van der Waals surface area contributed by atoms with Gasteiger partial charge in [0.15, 0.2) is 0 Å². The predicted molar refractivity (Wildman–Crippen MR) is 78.1 cm³/mol. The van der Waals surface area contributed by atoms with Crippen LogP contribution < -0.4 is 5.32 Å². The molecule has 0 aliphatic rings. The van der Waals surface area contributed by atoms with Crippen molar-refractivity contribution < 1.29 is 4.42 Å². The van der Waals surface area contributed by atoms with E-state index < -0.39 is 0 Å². The van der Waals surface area contributed by atoms with Crippen molar-refractivity contribution in [3.63, 3.8) is 0 Å². The molecule has 102 valence electrons. The maximum Gasteiger partial charge on any atom is 0.237 e. The first kappa shape index (κ1) is 14.1. The number of hydrogen-bond acceptors (Lipinski definition) is 5. The minimum Gasteiger partial charge on any atom is -0.422 e. The van der Waals surface area contributed by atoms with Gasteiger partial charge in [0.25, 0.3) is 0 Å². The van der Waals surface area contributed by atoms with Crippen LogP contribution in [-0.4, -0.2) is 23.0 Å². The lowest BCUT2D eigenvalue weighted by atomic mass is 10.1. The summed E-state index contributed by atoms with van der Waals surface area (Å²) >= 11 is 1.68. The van der Waals surface area contributed by atoms with Crippen LogP contribution in [0.2, 0.25) is 0 Å². The summed E-state index contributed by atoms with van der Waals surface area (Å²) in [5.41, 5.74) is 1.15. The average Bonchev–Trinajstić information content (AvgIpc) is 2.89. The lowest BCUT2D eigenvalue weighted by Gasteiger charge is -2.14. The van der Waals surface area contributed by atoms with Gasteiger partial charge < -0.3 is 9.73 Å². The standard InChI is InChI=1S/C14H19N3OS/c1-3-9-15-13(11-7-5-4-6-8-11)14-17-16-12(18-14)10-19-2/h4-8,13,15H,3,9-10H2,1-2H3. The molecular weight excluding hydrogens is 258 g/mol. The third-order valence-corrected chi connectivity index (χ3v) is 3.26. The van der Waals surface area contributed by atoms with E-state index in [0.717, 1.165) is 24.3 Å². The van der Waals surface area contributed by atoms with Gasteiger partial charge in [-0.05, 0) is 24.8 Å². The highest BCUT2D eigenvalue weighted by Gasteiger charge is 2.19. The zero-order valence-electron chi connectivity index (χ0n) is 11.3. The summed E-state index contributed by atoms with van der Waals surface area (Å²) in [4.78, 5) is 0. The molecule has 0 radical (unpaired) electrons. The fraction of sp³-hybridized carbons (Fsp3) is 0.429. The van der Waals surface area contributed by atoms with Gasteiger partial charge in [0.1, 0.15) is 6.04 Å². The second-order valence-electron chi connectivity index (χ2n) is 4.26. The topological polar surface area (TPSA) is 51.0 Å². The van der Waals surface area contributed by atoms with Gasteiger partial charge >= 0.3 is 0 Å². The van der Waals surface area contributed by atoms with E-state index in [1.54, 1.807) is 11.8 Å². The Bertz CT molecular complexity index is 486. The Morgan fingerprint density at radius 1 is 1.26 bits per heavy atom. The minimum atomic E-state index is -0.0238. The number of rotatable bonds is 7. The Morgan fingerprint density at radius 3 is 2.74 bits per heavy atom. The third-order valence-electron chi connectivity index (χ3n) is 2.73. The van der Waals surface area contributed by atoms with E-state index in [4.69, 9.17) is 4.42 Å². The highest BCUT2D eigenvalue weighted by molar-refractivity contribution is 7.97. The molecule has 1 N–H and O–H groups in total. The Kier molecular flexibility index (Phi) is 5.42. The number of nitrogens with zero attached hydrogens (tertiary/aromatic N) is 2. The van der Waals surface area contributed by atoms with Crippen LogP contribution in [0.25, 0.3) is 0 Å². The zero-order valence-corrected chi connectivity index (χ0v) is 12.1. The van der Waals surface area contributed by atoms with Crippen LogP contribution in [-0.2, 0) is 5.75 Å². The number of benzene rings is 1. The molecule has 1 unspecified atom stereocenters. The molecule has 1 atom stereocenters. The normalized spacial score (nSPS) is 12.5. The minimum absolute atomic E-state index is 0.0238. The molecule has 0 aliphatic heterocycles. The van der Waals surface area contributed by atoms with Crippen LogP contribution in [0.15, 0.2) is 34.7 Å². The van der Waals surface area contributed by atoms with E-state index >= 15 is 0 Å². The Morgan fingerprint density at radius 2 is 2.05 bits per heavy atom. The van der Waals surface area contributed by atoms with E-state index in [2.05, 4.69) is 34.6 Å². The Hall–Kier alpha value is -1.33. The molecular formula is C14H19N3OS. The SMILES string of the molecule is CCCNC(c1ccccc1)c1nnc(CSC)o1. The summed E-state index contributed by atoms with van der Waals surface area (Å²) in [6.45, 7) is 3.06. The van der Waals surface area contributed by atoms with Crippen LogP contribution in [0.5, 0.6) is 0 Å². The number of thioether (sulfide) groups is 1. The molecule has 4 nitrogen and oxygen atoms in total. The van der Waals surface area contributed by atoms with Gasteiger partial charge in [-0.3, -0.25) is 0 Å². The van der Waals surface area contributed by atoms with Crippen molar-refractivity contribution in [3.8, 4) is 0 Å². The molecule has 0 fully saturated rings. The Balaban J connectivity index is 2.21. The van der Waals surface area contributed by atoms with E-state index in [1.165, 1.54) is 0 Å². The summed E-state index contributed by atoms with van der Waals surface area (Å²) < 4.78 is 5.73. The largest absolute Gasteiger partial charge is 0.422 e. The van der Waals surface area contributed by atoms with Gasteiger partial charge in [-0.1, -0.05) is 37.3 Å². The first-order valence-electron chi connectivity index (χ1n) is 6.44. The molecule has 0 aliphatic carbocycles. The second kappa shape index (κ2) is 7.31. The molecule has 19 heavy (non-hydrogen) atoms. The molecule has 2 rings (SSSR count). The van der Waals surface area contributed by atoms with Crippen molar-refractivity contribution >= 4 is 11.8 Å². The maximum absolute atomic E-state index is 5.73. The summed E-state index contributed by atoms with van der Waals surface area (Å²) in [5, 5.41) is 11.7. The molecule has 1 aromatic carbocycles. The van der Waals surface area contributed by atoms with Crippen LogP contribution in [0.3, 0.4) is 0 Å². The highest BCUT2D eigenvalue weighted by Crippen LogP contribution is 2.21. The monoisotopic (exact) mass is 277 g/mol. The van der Waals surface area contributed by atoms with Crippen molar-refractivity contribution in [2.24, 2.45) is 0 Å². The van der Waals surface area contributed by atoms with Crippen LogP contribution in [0, 0.1) is 0 Å². The molecule has 5 heteroatoms. The summed E-state index contributed by atoms with van der Waals surface area (Å²) in [5.74, 6) is 2.08. The van der Waals surface area contributed by atoms with Gasteiger partial charge in [-0.2, -0.15) is 11.8 Å². The average molecular weight is 277 g/mol. The quantitative estimate of drug-likeness (QED) is 0.843. The van der Waals surface area contributed by atoms with E-state index in [-0.39, 0.29) is 6.04 Å². The number of aromatic nitrogens is 2. The molecule has 0 amide bonds. The molecule has 2 aromatic rings. The first-order valence-corrected chi connectivity index (χ1v) is 7.84. The van der Waals surface area contributed by atoms with Gasteiger partial charge in [-0.25, -0.2) is 0 Å². The van der Waals surface area contributed by atoms with Crippen molar-refractivity contribution in [3.05, 3.63) is 47.7 Å². The van der Waals surface area contributed by atoms with Crippen LogP contribution in [0.4, 0.5) is 0 Å². The third kappa shape index (κ3) is 3.81. The zero-order chi connectivity index (χ0) is 13.5. The lowest BCUT2D eigenvalue weighted by molar-refractivity contribution is 0.414. The first-order chi connectivity index (χ1) is 9.35. The van der Waals surface area contributed by atoms with Gasteiger partial charge in [0.2, 0.25) is 11.8 Å². The second-order valence-corrected chi connectivity index (χ2v) is 5.13. The van der Waals surface area contributed by atoms with Crippen LogP contribution >= 0.6 is 11.8 Å². The smallest absolute Gasteiger partial charge is 0.237 e. The van der Waals surface area contributed by atoms with Gasteiger partial charge in [0.05, 0.1) is 5.75 Å². The molecule has 0 saturated carbocycles. The van der Waals surface area contributed by atoms with Crippen molar-refractivity contribution in [1.29, 1.82) is 0 Å². The van der Waals surface area contributed by atoms with Crippen LogP contribution in [0.1, 0.15) is 36.7 Å². The van der Waals surface area contributed by atoms with Gasteiger partial charge in [0, 0.05) is 0 Å².